The van der Waals surface area contributed by atoms with Crippen LogP contribution in [0, 0.1) is 0 Å². The first kappa shape index (κ1) is 17.5. The van der Waals surface area contributed by atoms with Crippen molar-refractivity contribution in [2.24, 2.45) is 0 Å². The van der Waals surface area contributed by atoms with Gasteiger partial charge in [-0.2, -0.15) is 5.10 Å². The molecule has 1 unspecified atom stereocenters. The molecule has 0 radical (unpaired) electrons. The van der Waals surface area contributed by atoms with Gasteiger partial charge in [-0.1, -0.05) is 19.3 Å². The molecular weight excluding hydrogens is 302 g/mol. The second kappa shape index (κ2) is 7.26. The van der Waals surface area contributed by atoms with Crippen LogP contribution in [-0.4, -0.2) is 28.4 Å². The number of aromatic nitrogens is 2. The summed E-state index contributed by atoms with van der Waals surface area (Å²) in [5.41, 5.74) is 2.43. The summed E-state index contributed by atoms with van der Waals surface area (Å²) < 4.78 is 7.91. The summed E-state index contributed by atoms with van der Waals surface area (Å²) >= 11 is 0. The smallest absolute Gasteiger partial charge is 0.246 e. The third-order valence-electron chi connectivity index (χ3n) is 5.16. The molecule has 5 nitrogen and oxygen atoms in total. The van der Waals surface area contributed by atoms with Crippen molar-refractivity contribution in [2.45, 2.75) is 89.8 Å². The first-order valence-electron chi connectivity index (χ1n) is 9.43. The number of carbonyl (C=O) groups excluding carboxylic acids is 1. The van der Waals surface area contributed by atoms with Crippen molar-refractivity contribution >= 4 is 5.91 Å². The molecule has 134 valence electrons. The van der Waals surface area contributed by atoms with Gasteiger partial charge in [-0.05, 0) is 52.9 Å². The van der Waals surface area contributed by atoms with Crippen molar-refractivity contribution in [1.29, 1.82) is 0 Å². The van der Waals surface area contributed by atoms with E-state index in [1.54, 1.807) is 0 Å². The number of fused-ring (bicyclic) bond motifs is 1. The van der Waals surface area contributed by atoms with Crippen molar-refractivity contribution in [1.82, 2.24) is 15.1 Å². The van der Waals surface area contributed by atoms with Gasteiger partial charge in [0, 0.05) is 11.3 Å². The fourth-order valence-corrected chi connectivity index (χ4v) is 3.95. The van der Waals surface area contributed by atoms with E-state index in [1.165, 1.54) is 30.5 Å². The monoisotopic (exact) mass is 333 g/mol. The molecule has 1 aromatic rings. The minimum absolute atomic E-state index is 0.00179. The third kappa shape index (κ3) is 4.00. The summed E-state index contributed by atoms with van der Waals surface area (Å²) in [6.07, 6.45) is 11.3. The predicted molar refractivity (Wildman–Crippen MR) is 93.9 cm³/mol. The minimum atomic E-state index is -0.0242. The fourth-order valence-electron chi connectivity index (χ4n) is 3.95. The van der Waals surface area contributed by atoms with Gasteiger partial charge in [0.25, 0.3) is 0 Å². The van der Waals surface area contributed by atoms with Crippen LogP contribution in [0.15, 0.2) is 6.20 Å². The number of hydrogen-bond donors (Lipinski definition) is 1. The highest BCUT2D eigenvalue weighted by molar-refractivity contribution is 5.77. The Morgan fingerprint density at radius 3 is 2.71 bits per heavy atom. The van der Waals surface area contributed by atoms with E-state index in [9.17, 15) is 4.79 Å². The van der Waals surface area contributed by atoms with Gasteiger partial charge < -0.3 is 10.1 Å². The van der Waals surface area contributed by atoms with Crippen molar-refractivity contribution in [3.8, 4) is 0 Å². The third-order valence-corrected chi connectivity index (χ3v) is 5.16. The highest BCUT2D eigenvalue weighted by Crippen LogP contribution is 2.32. The van der Waals surface area contributed by atoms with Crippen LogP contribution in [-0.2, 0) is 21.5 Å². The zero-order chi connectivity index (χ0) is 17.2. The van der Waals surface area contributed by atoms with Gasteiger partial charge in [0.15, 0.2) is 0 Å². The van der Waals surface area contributed by atoms with Gasteiger partial charge in [0.2, 0.25) is 5.91 Å². The molecule has 1 atom stereocenters. The second-order valence-corrected chi connectivity index (χ2v) is 8.21. The SMILES string of the molecule is CC(C)(C)n1ncc2c1CCCC2NC(=O)COC1CCCCC1. The van der Waals surface area contributed by atoms with E-state index in [0.29, 0.717) is 0 Å². The summed E-state index contributed by atoms with van der Waals surface area (Å²) in [6.45, 7) is 6.69. The molecule has 1 aromatic heterocycles. The highest BCUT2D eigenvalue weighted by Gasteiger charge is 2.29. The van der Waals surface area contributed by atoms with Crippen LogP contribution in [0.25, 0.3) is 0 Å². The maximum Gasteiger partial charge on any atom is 0.246 e. The molecule has 2 aliphatic rings. The Kier molecular flexibility index (Phi) is 5.28. The number of nitrogens with zero attached hydrogens (tertiary/aromatic N) is 2. The predicted octanol–water partition coefficient (Wildman–Crippen LogP) is 3.48. The number of nitrogens with one attached hydrogen (secondary N) is 1. The lowest BCUT2D eigenvalue weighted by molar-refractivity contribution is -0.129. The van der Waals surface area contributed by atoms with Crippen LogP contribution in [0.1, 0.15) is 83.0 Å². The van der Waals surface area contributed by atoms with Crippen LogP contribution >= 0.6 is 0 Å². The van der Waals surface area contributed by atoms with E-state index in [4.69, 9.17) is 4.74 Å². The molecule has 2 aliphatic carbocycles. The van der Waals surface area contributed by atoms with Gasteiger partial charge in [0.05, 0.1) is 23.9 Å². The van der Waals surface area contributed by atoms with Gasteiger partial charge in [-0.25, -0.2) is 0 Å². The Morgan fingerprint density at radius 1 is 1.25 bits per heavy atom. The Bertz CT molecular complexity index is 568. The van der Waals surface area contributed by atoms with Gasteiger partial charge in [-0.15, -0.1) is 0 Å². The Balaban J connectivity index is 1.58. The molecule has 0 aromatic carbocycles. The average Bonchev–Trinajstić information content (AvgIpc) is 2.99. The lowest BCUT2D eigenvalue weighted by Gasteiger charge is -2.28. The number of hydrogen-bond acceptors (Lipinski definition) is 3. The van der Waals surface area contributed by atoms with Crippen molar-refractivity contribution in [3.05, 3.63) is 17.5 Å². The van der Waals surface area contributed by atoms with E-state index in [2.05, 4.69) is 35.9 Å². The number of ether oxygens (including phenoxy) is 1. The van der Waals surface area contributed by atoms with Crippen molar-refractivity contribution in [2.75, 3.05) is 6.61 Å². The number of carbonyl (C=O) groups is 1. The standard InChI is InChI=1S/C19H31N3O2/c1-19(2,3)22-17-11-7-10-16(15(17)12-20-22)21-18(23)13-24-14-8-5-4-6-9-14/h12,14,16H,4-11,13H2,1-3H3,(H,21,23). The molecule has 1 heterocycles. The van der Waals surface area contributed by atoms with Crippen LogP contribution in [0.5, 0.6) is 0 Å². The molecule has 1 N–H and O–H groups in total. The Morgan fingerprint density at radius 2 is 2.00 bits per heavy atom. The van der Waals surface area contributed by atoms with Gasteiger partial charge in [-0.3, -0.25) is 9.48 Å². The summed E-state index contributed by atoms with van der Waals surface area (Å²) in [5.74, 6) is 0.00179. The maximum absolute atomic E-state index is 12.3. The fraction of sp³-hybridized carbons (Fsp3) is 0.789. The molecule has 0 spiro atoms. The first-order chi connectivity index (χ1) is 11.4. The lowest BCUT2D eigenvalue weighted by Crippen LogP contribution is -2.35. The molecule has 1 fully saturated rings. The van der Waals surface area contributed by atoms with Gasteiger partial charge >= 0.3 is 0 Å². The molecule has 24 heavy (non-hydrogen) atoms. The molecule has 1 saturated carbocycles. The molecule has 0 aliphatic heterocycles. The van der Waals surface area contributed by atoms with E-state index in [-0.39, 0.29) is 30.2 Å². The van der Waals surface area contributed by atoms with Crippen LogP contribution in [0.2, 0.25) is 0 Å². The summed E-state index contributed by atoms with van der Waals surface area (Å²) in [5, 5.41) is 7.74. The van der Waals surface area contributed by atoms with Crippen LogP contribution in [0.4, 0.5) is 0 Å². The zero-order valence-corrected chi connectivity index (χ0v) is 15.3. The minimum Gasteiger partial charge on any atom is -0.368 e. The summed E-state index contributed by atoms with van der Waals surface area (Å²) in [7, 11) is 0. The first-order valence-corrected chi connectivity index (χ1v) is 9.43. The van der Waals surface area contributed by atoms with E-state index < -0.39 is 0 Å². The summed E-state index contributed by atoms with van der Waals surface area (Å²) in [6, 6.07) is 0.0762. The molecule has 3 rings (SSSR count). The average molecular weight is 333 g/mol. The zero-order valence-electron chi connectivity index (χ0n) is 15.3. The normalized spacial score (nSPS) is 22.2. The molecule has 0 bridgehead atoms. The molecule has 1 amide bonds. The largest absolute Gasteiger partial charge is 0.368 e. The lowest BCUT2D eigenvalue weighted by atomic mass is 9.92. The van der Waals surface area contributed by atoms with Crippen molar-refractivity contribution < 1.29 is 9.53 Å². The number of amides is 1. The van der Waals surface area contributed by atoms with Crippen LogP contribution in [0.3, 0.4) is 0 Å². The second-order valence-electron chi connectivity index (χ2n) is 8.21. The number of rotatable bonds is 4. The Labute approximate surface area is 145 Å². The topological polar surface area (TPSA) is 56.2 Å². The summed E-state index contributed by atoms with van der Waals surface area (Å²) in [4.78, 5) is 12.3. The van der Waals surface area contributed by atoms with Crippen molar-refractivity contribution in [3.63, 3.8) is 0 Å². The quantitative estimate of drug-likeness (QED) is 0.918. The molecule has 0 saturated heterocycles. The van der Waals surface area contributed by atoms with Crippen LogP contribution < -0.4 is 5.32 Å². The van der Waals surface area contributed by atoms with E-state index in [0.717, 1.165) is 32.1 Å². The van der Waals surface area contributed by atoms with Gasteiger partial charge in [0.1, 0.15) is 6.61 Å². The Hall–Kier alpha value is -1.36. The highest BCUT2D eigenvalue weighted by atomic mass is 16.5. The van der Waals surface area contributed by atoms with E-state index in [1.807, 2.05) is 6.20 Å². The molecule has 5 heteroatoms. The maximum atomic E-state index is 12.3. The van der Waals surface area contributed by atoms with E-state index >= 15 is 0 Å². The molecular formula is C19H31N3O2.